The van der Waals surface area contributed by atoms with Gasteiger partial charge in [-0.1, -0.05) is 11.8 Å². The van der Waals surface area contributed by atoms with Crippen LogP contribution in [0.5, 0.6) is 11.6 Å². The van der Waals surface area contributed by atoms with E-state index in [2.05, 4.69) is 15.0 Å². The Labute approximate surface area is 129 Å². The third-order valence-corrected chi connectivity index (χ3v) is 5.35. The van der Waals surface area contributed by atoms with Crippen molar-refractivity contribution in [2.45, 2.75) is 9.24 Å². The minimum Gasteiger partial charge on any atom is -0.437 e. The second-order valence-electron chi connectivity index (χ2n) is 3.79. The minimum absolute atomic E-state index is 0.560. The van der Waals surface area contributed by atoms with E-state index in [9.17, 15) is 0 Å². The molecule has 0 N–H and O–H groups in total. The molecule has 20 heavy (non-hydrogen) atoms. The van der Waals surface area contributed by atoms with Crippen LogP contribution >= 0.6 is 34.9 Å². The zero-order chi connectivity index (χ0) is 13.9. The Kier molecular flexibility index (Phi) is 4.09. The van der Waals surface area contributed by atoms with Crippen LogP contribution in [0.1, 0.15) is 0 Å². The first-order valence-corrected chi connectivity index (χ1v) is 9.04. The summed E-state index contributed by atoms with van der Waals surface area (Å²) in [5, 5.41) is 0. The smallest absolute Gasteiger partial charge is 0.242 e. The molecule has 4 nitrogen and oxygen atoms in total. The first kappa shape index (κ1) is 13.7. The van der Waals surface area contributed by atoms with Gasteiger partial charge in [-0.05, 0) is 36.8 Å². The second-order valence-corrected chi connectivity index (χ2v) is 6.73. The van der Waals surface area contributed by atoms with Gasteiger partial charge in [0.15, 0.2) is 9.99 Å². The van der Waals surface area contributed by atoms with Crippen LogP contribution in [0, 0.1) is 0 Å². The van der Waals surface area contributed by atoms with Crippen molar-refractivity contribution in [2.75, 3.05) is 12.5 Å². The van der Waals surface area contributed by atoms with Gasteiger partial charge in [-0.2, -0.15) is 0 Å². The average molecular weight is 321 g/mol. The fourth-order valence-corrected chi connectivity index (χ4v) is 3.48. The Morgan fingerprint density at radius 3 is 2.55 bits per heavy atom. The Bertz CT molecular complexity index is 727. The van der Waals surface area contributed by atoms with Gasteiger partial charge in [0.2, 0.25) is 5.88 Å². The summed E-state index contributed by atoms with van der Waals surface area (Å²) in [4.78, 5) is 14.0. The lowest BCUT2D eigenvalue weighted by Crippen LogP contribution is -1.89. The molecule has 2 heterocycles. The summed E-state index contributed by atoms with van der Waals surface area (Å²) in [6.07, 6.45) is 5.52. The Balaban J connectivity index is 1.94. The lowest BCUT2D eigenvalue weighted by Gasteiger charge is -2.05. The van der Waals surface area contributed by atoms with Gasteiger partial charge in [-0.15, -0.1) is 23.1 Å². The van der Waals surface area contributed by atoms with E-state index in [-0.39, 0.29) is 0 Å². The van der Waals surface area contributed by atoms with Crippen LogP contribution in [0.2, 0.25) is 0 Å². The molecule has 0 spiro atoms. The molecular weight excluding hydrogens is 310 g/mol. The molecule has 0 saturated carbocycles. The van der Waals surface area contributed by atoms with Crippen LogP contribution in [0.4, 0.5) is 0 Å². The van der Waals surface area contributed by atoms with Crippen molar-refractivity contribution in [1.29, 1.82) is 0 Å². The zero-order valence-electron chi connectivity index (χ0n) is 10.9. The summed E-state index contributed by atoms with van der Waals surface area (Å²) in [5.41, 5.74) is 0.685. The van der Waals surface area contributed by atoms with Crippen LogP contribution in [-0.2, 0) is 0 Å². The van der Waals surface area contributed by atoms with Gasteiger partial charge >= 0.3 is 0 Å². The van der Waals surface area contributed by atoms with Gasteiger partial charge in [0, 0.05) is 4.90 Å². The highest BCUT2D eigenvalue weighted by Crippen LogP contribution is 2.34. The molecule has 0 aliphatic carbocycles. The Morgan fingerprint density at radius 1 is 1.05 bits per heavy atom. The number of hydrogen-bond donors (Lipinski definition) is 0. The lowest BCUT2D eigenvalue weighted by molar-refractivity contribution is 0.468. The van der Waals surface area contributed by atoms with Crippen LogP contribution in [0.3, 0.4) is 0 Å². The van der Waals surface area contributed by atoms with E-state index in [1.807, 2.05) is 36.8 Å². The van der Waals surface area contributed by atoms with E-state index in [0.29, 0.717) is 11.5 Å². The topological polar surface area (TPSA) is 47.9 Å². The fraction of sp³-hybridized carbons (Fsp3) is 0.154. The van der Waals surface area contributed by atoms with Gasteiger partial charge in [-0.3, -0.25) is 0 Å². The number of fused-ring (bicyclic) bond motifs is 1. The van der Waals surface area contributed by atoms with E-state index in [1.54, 1.807) is 34.9 Å². The molecule has 102 valence electrons. The molecule has 0 saturated heterocycles. The molecule has 0 atom stereocenters. The van der Waals surface area contributed by atoms with E-state index in [1.165, 1.54) is 11.2 Å². The zero-order valence-corrected chi connectivity index (χ0v) is 13.3. The second kappa shape index (κ2) is 5.99. The van der Waals surface area contributed by atoms with Crippen LogP contribution in [-0.4, -0.2) is 27.5 Å². The van der Waals surface area contributed by atoms with Crippen molar-refractivity contribution >= 4 is 45.2 Å². The number of rotatable bonds is 4. The fourth-order valence-electron chi connectivity index (χ4n) is 1.63. The molecule has 3 aromatic rings. The van der Waals surface area contributed by atoms with Crippen LogP contribution < -0.4 is 4.74 Å². The summed E-state index contributed by atoms with van der Waals surface area (Å²) in [6.45, 7) is 0. The Morgan fingerprint density at radius 2 is 1.85 bits per heavy atom. The van der Waals surface area contributed by atoms with E-state index in [4.69, 9.17) is 4.74 Å². The number of thiazole rings is 1. The van der Waals surface area contributed by atoms with Crippen molar-refractivity contribution in [1.82, 2.24) is 15.0 Å². The first-order valence-electron chi connectivity index (χ1n) is 5.77. The van der Waals surface area contributed by atoms with Crippen LogP contribution in [0.15, 0.2) is 39.8 Å². The van der Waals surface area contributed by atoms with Gasteiger partial charge < -0.3 is 4.74 Å². The lowest BCUT2D eigenvalue weighted by atomic mass is 10.3. The minimum atomic E-state index is 0.560. The SMILES string of the molecule is CSc1ccc(Oc2ncnc3nc(SC)sc23)cc1. The summed E-state index contributed by atoms with van der Waals surface area (Å²) in [6, 6.07) is 7.93. The number of aromatic nitrogens is 3. The molecule has 0 aliphatic heterocycles. The van der Waals surface area contributed by atoms with E-state index in [0.717, 1.165) is 14.8 Å². The Hall–Kier alpha value is -1.31. The predicted octanol–water partition coefficient (Wildman–Crippen LogP) is 4.32. The molecule has 0 amide bonds. The average Bonchev–Trinajstić information content (AvgIpc) is 2.92. The maximum absolute atomic E-state index is 5.85. The normalized spacial score (nSPS) is 10.9. The number of hydrogen-bond acceptors (Lipinski definition) is 7. The molecule has 0 radical (unpaired) electrons. The van der Waals surface area contributed by atoms with Gasteiger partial charge in [0.05, 0.1) is 0 Å². The summed E-state index contributed by atoms with van der Waals surface area (Å²) >= 11 is 4.85. The number of nitrogens with zero attached hydrogens (tertiary/aromatic N) is 3. The molecule has 3 rings (SSSR count). The maximum Gasteiger partial charge on any atom is 0.242 e. The quantitative estimate of drug-likeness (QED) is 0.667. The maximum atomic E-state index is 5.85. The highest BCUT2D eigenvalue weighted by molar-refractivity contribution is 8.00. The van der Waals surface area contributed by atoms with E-state index >= 15 is 0 Å². The van der Waals surface area contributed by atoms with E-state index < -0.39 is 0 Å². The molecule has 2 aromatic heterocycles. The third kappa shape index (κ3) is 2.74. The molecular formula is C13H11N3OS3. The van der Waals surface area contributed by atoms with Crippen molar-refractivity contribution < 1.29 is 4.74 Å². The highest BCUT2D eigenvalue weighted by Gasteiger charge is 2.11. The molecule has 0 bridgehead atoms. The third-order valence-electron chi connectivity index (χ3n) is 2.59. The largest absolute Gasteiger partial charge is 0.437 e. The number of thioether (sulfide) groups is 2. The van der Waals surface area contributed by atoms with Crippen molar-refractivity contribution in [2.24, 2.45) is 0 Å². The molecule has 0 unspecified atom stereocenters. The van der Waals surface area contributed by atoms with Gasteiger partial charge in [-0.25, -0.2) is 15.0 Å². The van der Waals surface area contributed by atoms with Gasteiger partial charge in [0.25, 0.3) is 0 Å². The number of ether oxygens (including phenoxy) is 1. The molecule has 0 aliphatic rings. The van der Waals surface area contributed by atoms with Gasteiger partial charge in [0.1, 0.15) is 16.8 Å². The molecule has 7 heteroatoms. The molecule has 0 fully saturated rings. The summed E-state index contributed by atoms with van der Waals surface area (Å²) in [7, 11) is 0. The standard InChI is InChI=1S/C13H11N3OS3/c1-18-9-5-3-8(4-6-9)17-12-10-11(14-7-15-12)16-13(19-2)20-10/h3-7H,1-2H3. The van der Waals surface area contributed by atoms with Crippen molar-refractivity contribution in [3.63, 3.8) is 0 Å². The number of benzene rings is 1. The van der Waals surface area contributed by atoms with Crippen molar-refractivity contribution in [3.8, 4) is 11.6 Å². The summed E-state index contributed by atoms with van der Waals surface area (Å²) < 4.78 is 7.69. The van der Waals surface area contributed by atoms with Crippen molar-refractivity contribution in [3.05, 3.63) is 30.6 Å². The predicted molar refractivity (Wildman–Crippen MR) is 85.3 cm³/mol. The first-order chi connectivity index (χ1) is 9.80. The highest BCUT2D eigenvalue weighted by atomic mass is 32.2. The monoisotopic (exact) mass is 321 g/mol. The summed E-state index contributed by atoms with van der Waals surface area (Å²) in [5.74, 6) is 1.33. The van der Waals surface area contributed by atoms with Crippen LogP contribution in [0.25, 0.3) is 10.3 Å². The molecule has 1 aromatic carbocycles.